The van der Waals surface area contributed by atoms with Crippen LogP contribution in [0.5, 0.6) is 0 Å². The number of nitrogens with two attached hydrogens (primary N) is 1. The third kappa shape index (κ3) is 4.62. The molecule has 0 spiro atoms. The van der Waals surface area contributed by atoms with Crippen molar-refractivity contribution in [1.82, 2.24) is 15.2 Å². The number of aromatic nitrogens is 2. The summed E-state index contributed by atoms with van der Waals surface area (Å²) in [6.07, 6.45) is 8.57. The minimum atomic E-state index is 0.245. The Labute approximate surface area is 137 Å². The monoisotopic (exact) mass is 330 g/mol. The number of nitrogens with one attached hydrogen (secondary N) is 1. The van der Waals surface area contributed by atoms with E-state index in [-0.39, 0.29) is 6.04 Å². The van der Waals surface area contributed by atoms with Crippen LogP contribution in [0.1, 0.15) is 50.4 Å². The van der Waals surface area contributed by atoms with E-state index in [0.29, 0.717) is 0 Å². The van der Waals surface area contributed by atoms with E-state index in [4.69, 9.17) is 17.4 Å². The second-order valence-electron chi connectivity index (χ2n) is 5.85. The number of nitrogens with zero attached hydrogens (tertiary/aromatic N) is 2. The number of hydrazine groups is 1. The van der Waals surface area contributed by atoms with Crippen molar-refractivity contribution in [3.63, 3.8) is 0 Å². The van der Waals surface area contributed by atoms with Crippen LogP contribution in [0.25, 0.3) is 0 Å². The Morgan fingerprint density at radius 3 is 2.71 bits per heavy atom. The minimum absolute atomic E-state index is 0.245. The van der Waals surface area contributed by atoms with Gasteiger partial charge in [-0.1, -0.05) is 37.8 Å². The maximum atomic E-state index is 6.42. The van der Waals surface area contributed by atoms with Crippen molar-refractivity contribution in [3.05, 3.63) is 16.4 Å². The molecule has 3 N–H and O–H groups in total. The summed E-state index contributed by atoms with van der Waals surface area (Å²) < 4.78 is 1.90. The Hall–Kier alpha value is -0.230. The molecule has 120 valence electrons. The maximum Gasteiger partial charge on any atom is 0.0850 e. The minimum Gasteiger partial charge on any atom is -0.271 e. The molecule has 1 fully saturated rings. The van der Waals surface area contributed by atoms with Gasteiger partial charge in [0.25, 0.3) is 0 Å². The van der Waals surface area contributed by atoms with Gasteiger partial charge in [-0.3, -0.25) is 16.0 Å². The average molecular weight is 331 g/mol. The van der Waals surface area contributed by atoms with Crippen LogP contribution in [-0.4, -0.2) is 26.8 Å². The molecule has 1 unspecified atom stereocenters. The van der Waals surface area contributed by atoms with Crippen molar-refractivity contribution < 1.29 is 0 Å². The Morgan fingerprint density at radius 1 is 1.43 bits per heavy atom. The largest absolute Gasteiger partial charge is 0.271 e. The Kier molecular flexibility index (Phi) is 6.86. The second-order valence-corrected chi connectivity index (χ2v) is 7.56. The highest BCUT2D eigenvalue weighted by molar-refractivity contribution is 7.99. The summed E-state index contributed by atoms with van der Waals surface area (Å²) in [5.41, 5.74) is 5.01. The van der Waals surface area contributed by atoms with Crippen molar-refractivity contribution >= 4 is 23.4 Å². The standard InChI is InChI=1S/C15H27ClN4S/c1-3-13-15(16)14(20(2)19-13)9-11(18-17)10-21-12-7-5-4-6-8-12/h11-12,18H,3-10,17H2,1-2H3. The highest BCUT2D eigenvalue weighted by atomic mass is 35.5. The average Bonchev–Trinajstić information content (AvgIpc) is 2.79. The van der Waals surface area contributed by atoms with E-state index >= 15 is 0 Å². The zero-order valence-corrected chi connectivity index (χ0v) is 14.6. The molecule has 4 nitrogen and oxygen atoms in total. The van der Waals surface area contributed by atoms with Crippen molar-refractivity contribution in [3.8, 4) is 0 Å². The van der Waals surface area contributed by atoms with Crippen LogP contribution in [0.4, 0.5) is 0 Å². The smallest absolute Gasteiger partial charge is 0.0850 e. The van der Waals surface area contributed by atoms with Crippen LogP contribution in [0.3, 0.4) is 0 Å². The van der Waals surface area contributed by atoms with Gasteiger partial charge in [0.15, 0.2) is 0 Å². The molecule has 0 aromatic carbocycles. The van der Waals surface area contributed by atoms with Gasteiger partial charge in [0, 0.05) is 30.5 Å². The summed E-state index contributed by atoms with van der Waals surface area (Å²) in [7, 11) is 1.96. The molecular formula is C15H27ClN4S. The first kappa shape index (κ1) is 17.1. The van der Waals surface area contributed by atoms with E-state index in [1.54, 1.807) is 0 Å². The molecule has 21 heavy (non-hydrogen) atoms. The third-order valence-corrected chi connectivity index (χ3v) is 6.24. The molecule has 0 radical (unpaired) electrons. The number of aryl methyl sites for hydroxylation is 2. The van der Waals surface area contributed by atoms with Gasteiger partial charge in [0.05, 0.1) is 16.4 Å². The molecule has 1 aliphatic carbocycles. The summed E-state index contributed by atoms with van der Waals surface area (Å²) in [5.74, 6) is 6.77. The van der Waals surface area contributed by atoms with E-state index < -0.39 is 0 Å². The molecule has 0 bridgehead atoms. The molecule has 2 rings (SSSR count). The van der Waals surface area contributed by atoms with Gasteiger partial charge in [0.1, 0.15) is 0 Å². The predicted octanol–water partition coefficient (Wildman–Crippen LogP) is 3.08. The van der Waals surface area contributed by atoms with Gasteiger partial charge in [-0.25, -0.2) is 0 Å². The maximum absolute atomic E-state index is 6.42. The summed E-state index contributed by atoms with van der Waals surface area (Å²) >= 11 is 8.48. The molecule has 0 saturated heterocycles. The zero-order valence-electron chi connectivity index (χ0n) is 13.1. The van der Waals surface area contributed by atoms with Crippen LogP contribution in [0, 0.1) is 0 Å². The fourth-order valence-corrected chi connectivity index (χ4v) is 4.68. The second kappa shape index (κ2) is 8.42. The van der Waals surface area contributed by atoms with Crippen LogP contribution in [0.15, 0.2) is 0 Å². The van der Waals surface area contributed by atoms with Crippen molar-refractivity contribution in [1.29, 1.82) is 0 Å². The van der Waals surface area contributed by atoms with Gasteiger partial charge in [-0.15, -0.1) is 0 Å². The fraction of sp³-hybridized carbons (Fsp3) is 0.800. The van der Waals surface area contributed by atoms with Crippen LogP contribution in [-0.2, 0) is 19.9 Å². The lowest BCUT2D eigenvalue weighted by atomic mass is 10.0. The molecule has 1 aliphatic rings. The summed E-state index contributed by atoms with van der Waals surface area (Å²) in [5, 5.41) is 6.09. The van der Waals surface area contributed by atoms with Gasteiger partial charge < -0.3 is 0 Å². The van der Waals surface area contributed by atoms with E-state index in [2.05, 4.69) is 29.2 Å². The van der Waals surface area contributed by atoms with Gasteiger partial charge >= 0.3 is 0 Å². The first-order chi connectivity index (χ1) is 10.2. The number of halogens is 1. The quantitative estimate of drug-likeness (QED) is 0.596. The van der Waals surface area contributed by atoms with Crippen LogP contribution < -0.4 is 11.3 Å². The first-order valence-electron chi connectivity index (χ1n) is 7.93. The van der Waals surface area contributed by atoms with Gasteiger partial charge in [-0.05, 0) is 19.3 Å². The van der Waals surface area contributed by atoms with Crippen LogP contribution in [0.2, 0.25) is 5.02 Å². The molecule has 0 aliphatic heterocycles. The lowest BCUT2D eigenvalue weighted by Crippen LogP contribution is -2.39. The third-order valence-electron chi connectivity index (χ3n) is 4.26. The molecule has 1 aromatic heterocycles. The Bertz CT molecular complexity index is 443. The summed E-state index contributed by atoms with van der Waals surface area (Å²) in [6, 6.07) is 0.245. The Morgan fingerprint density at radius 2 is 2.14 bits per heavy atom. The topological polar surface area (TPSA) is 55.9 Å². The Balaban J connectivity index is 1.91. The van der Waals surface area contributed by atoms with Gasteiger partial charge in [-0.2, -0.15) is 16.9 Å². The van der Waals surface area contributed by atoms with Gasteiger partial charge in [0.2, 0.25) is 0 Å². The van der Waals surface area contributed by atoms with Crippen molar-refractivity contribution in [2.45, 2.75) is 63.2 Å². The molecule has 6 heteroatoms. The van der Waals surface area contributed by atoms with Crippen molar-refractivity contribution in [2.24, 2.45) is 12.9 Å². The number of hydrogen-bond acceptors (Lipinski definition) is 4. The van der Waals surface area contributed by atoms with E-state index in [1.807, 2.05) is 11.7 Å². The number of hydrogen-bond donors (Lipinski definition) is 2. The summed E-state index contributed by atoms with van der Waals surface area (Å²) in [4.78, 5) is 0. The molecule has 1 heterocycles. The molecule has 1 aromatic rings. The molecule has 0 amide bonds. The normalized spacial score (nSPS) is 18.1. The molecule has 1 saturated carbocycles. The molecule has 1 atom stereocenters. The zero-order chi connectivity index (χ0) is 15.2. The van der Waals surface area contributed by atoms with E-state index in [1.165, 1.54) is 32.1 Å². The SMILES string of the molecule is CCc1nn(C)c(CC(CSC2CCCCC2)NN)c1Cl. The van der Waals surface area contributed by atoms with Crippen molar-refractivity contribution in [2.75, 3.05) is 5.75 Å². The summed E-state index contributed by atoms with van der Waals surface area (Å²) in [6.45, 7) is 2.08. The predicted molar refractivity (Wildman–Crippen MR) is 91.7 cm³/mol. The van der Waals surface area contributed by atoms with E-state index in [9.17, 15) is 0 Å². The van der Waals surface area contributed by atoms with Crippen LogP contribution >= 0.6 is 23.4 Å². The molecular weight excluding hydrogens is 304 g/mol. The number of rotatable bonds is 7. The lowest BCUT2D eigenvalue weighted by molar-refractivity contribution is 0.511. The van der Waals surface area contributed by atoms with E-state index in [0.717, 1.165) is 40.3 Å². The fourth-order valence-electron chi connectivity index (χ4n) is 2.92. The highest BCUT2D eigenvalue weighted by Crippen LogP contribution is 2.29. The lowest BCUT2D eigenvalue weighted by Gasteiger charge is -2.23. The number of thioether (sulfide) groups is 1. The first-order valence-corrected chi connectivity index (χ1v) is 9.36. The highest BCUT2D eigenvalue weighted by Gasteiger charge is 2.20.